The quantitative estimate of drug-likeness (QED) is 0.537. The zero-order valence-corrected chi connectivity index (χ0v) is 17.3. The highest BCUT2D eigenvalue weighted by Gasteiger charge is 2.14. The molecule has 0 bridgehead atoms. The number of aromatic nitrogens is 1. The van der Waals surface area contributed by atoms with Crippen LogP contribution in [-0.4, -0.2) is 43.1 Å². The van der Waals surface area contributed by atoms with E-state index in [2.05, 4.69) is 83.6 Å². The van der Waals surface area contributed by atoms with Crippen LogP contribution in [0.15, 0.2) is 78.9 Å². The Hall–Kier alpha value is -3.37. The summed E-state index contributed by atoms with van der Waals surface area (Å²) < 4.78 is 0. The molecule has 0 amide bonds. The van der Waals surface area contributed by atoms with E-state index in [1.807, 2.05) is 12.1 Å². The molecule has 2 heterocycles. The summed E-state index contributed by atoms with van der Waals surface area (Å²) in [5, 5.41) is 0.995. The molecule has 1 aromatic heterocycles. The molecular formula is C26H26N4. The molecule has 30 heavy (non-hydrogen) atoms. The van der Waals surface area contributed by atoms with E-state index < -0.39 is 0 Å². The van der Waals surface area contributed by atoms with E-state index in [0.717, 1.165) is 59.6 Å². The summed E-state index contributed by atoms with van der Waals surface area (Å²) in [4.78, 5) is 9.71. The molecule has 1 fully saturated rings. The molecule has 1 aliphatic rings. The van der Waals surface area contributed by atoms with Gasteiger partial charge in [0, 0.05) is 48.5 Å². The third kappa shape index (κ3) is 3.62. The van der Waals surface area contributed by atoms with Crippen molar-refractivity contribution in [1.82, 2.24) is 9.88 Å². The third-order valence-corrected chi connectivity index (χ3v) is 5.98. The van der Waals surface area contributed by atoms with Gasteiger partial charge in [0.2, 0.25) is 0 Å². The predicted octanol–water partition coefficient (Wildman–Crippen LogP) is 4.90. The number of rotatable bonds is 3. The van der Waals surface area contributed by atoms with Gasteiger partial charge in [-0.1, -0.05) is 48.5 Å². The number of hydrogen-bond donors (Lipinski definition) is 1. The zero-order chi connectivity index (χ0) is 20.5. The van der Waals surface area contributed by atoms with Crippen molar-refractivity contribution < 1.29 is 0 Å². The Labute approximate surface area is 177 Å². The topological polar surface area (TPSA) is 45.4 Å². The van der Waals surface area contributed by atoms with Crippen molar-refractivity contribution in [2.75, 3.05) is 43.9 Å². The molecule has 4 heteroatoms. The molecule has 0 saturated carbocycles. The molecule has 1 saturated heterocycles. The Morgan fingerprint density at radius 1 is 0.733 bits per heavy atom. The van der Waals surface area contributed by atoms with Gasteiger partial charge in [-0.15, -0.1) is 0 Å². The highest BCUT2D eigenvalue weighted by molar-refractivity contribution is 5.95. The van der Waals surface area contributed by atoms with Gasteiger partial charge in [-0.25, -0.2) is 4.98 Å². The lowest BCUT2D eigenvalue weighted by molar-refractivity contribution is 0.313. The van der Waals surface area contributed by atoms with Crippen LogP contribution >= 0.6 is 0 Å². The number of pyridine rings is 1. The molecule has 0 spiro atoms. The fourth-order valence-electron chi connectivity index (χ4n) is 4.12. The van der Waals surface area contributed by atoms with Crippen molar-refractivity contribution in [3.05, 3.63) is 78.9 Å². The van der Waals surface area contributed by atoms with Crippen LogP contribution in [0.2, 0.25) is 0 Å². The number of nitrogens with zero attached hydrogens (tertiary/aromatic N) is 3. The predicted molar refractivity (Wildman–Crippen MR) is 127 cm³/mol. The molecule has 3 aromatic carbocycles. The number of benzene rings is 3. The van der Waals surface area contributed by atoms with Crippen molar-refractivity contribution in [3.63, 3.8) is 0 Å². The standard InChI is InChI=1S/C26H26N4/c1-29-13-15-30(16-14-29)22-10-7-20(8-11-22)26-18-24(27)23-17-21(9-12-25(23)28-26)19-5-3-2-4-6-19/h2-12,17-18H,13-16H2,1H3,(H2,27,28). The van der Waals surface area contributed by atoms with Crippen LogP contribution in [0, 0.1) is 0 Å². The number of likely N-dealkylation sites (N-methyl/N-ethyl adjacent to an activating group) is 1. The number of hydrogen-bond acceptors (Lipinski definition) is 4. The smallest absolute Gasteiger partial charge is 0.0730 e. The molecule has 150 valence electrons. The molecule has 0 radical (unpaired) electrons. The maximum Gasteiger partial charge on any atom is 0.0730 e. The van der Waals surface area contributed by atoms with E-state index in [9.17, 15) is 0 Å². The van der Waals surface area contributed by atoms with Crippen molar-refractivity contribution in [2.24, 2.45) is 0 Å². The third-order valence-electron chi connectivity index (χ3n) is 5.98. The van der Waals surface area contributed by atoms with Crippen molar-refractivity contribution in [1.29, 1.82) is 0 Å². The maximum atomic E-state index is 6.45. The van der Waals surface area contributed by atoms with Crippen molar-refractivity contribution in [2.45, 2.75) is 0 Å². The minimum absolute atomic E-state index is 0.760. The van der Waals surface area contributed by atoms with Gasteiger partial charge in [0.05, 0.1) is 11.2 Å². The van der Waals surface area contributed by atoms with Crippen LogP contribution in [0.5, 0.6) is 0 Å². The maximum absolute atomic E-state index is 6.45. The monoisotopic (exact) mass is 394 g/mol. The molecule has 0 atom stereocenters. The second kappa shape index (κ2) is 7.81. The summed E-state index contributed by atoms with van der Waals surface area (Å²) in [6, 6.07) is 27.4. The molecule has 2 N–H and O–H groups in total. The fraction of sp³-hybridized carbons (Fsp3) is 0.192. The van der Waals surface area contributed by atoms with E-state index in [0.29, 0.717) is 0 Å². The van der Waals surface area contributed by atoms with Crippen LogP contribution in [0.3, 0.4) is 0 Å². The number of nitrogens with two attached hydrogens (primary N) is 1. The second-order valence-electron chi connectivity index (χ2n) is 8.03. The van der Waals surface area contributed by atoms with Gasteiger partial charge in [0.15, 0.2) is 0 Å². The number of piperazine rings is 1. The van der Waals surface area contributed by atoms with Gasteiger partial charge >= 0.3 is 0 Å². The Bertz CT molecular complexity index is 1160. The van der Waals surface area contributed by atoms with E-state index in [1.54, 1.807) is 0 Å². The first-order valence-corrected chi connectivity index (χ1v) is 10.5. The summed E-state index contributed by atoms with van der Waals surface area (Å²) in [7, 11) is 2.18. The summed E-state index contributed by atoms with van der Waals surface area (Å²) >= 11 is 0. The van der Waals surface area contributed by atoms with Crippen LogP contribution in [0.4, 0.5) is 11.4 Å². The van der Waals surface area contributed by atoms with Gasteiger partial charge in [-0.2, -0.15) is 0 Å². The molecule has 4 nitrogen and oxygen atoms in total. The fourth-order valence-corrected chi connectivity index (χ4v) is 4.12. The first-order valence-electron chi connectivity index (χ1n) is 10.5. The molecule has 4 aromatic rings. The Morgan fingerprint density at radius 2 is 1.43 bits per heavy atom. The molecule has 0 aliphatic carbocycles. The van der Waals surface area contributed by atoms with Crippen molar-refractivity contribution in [3.8, 4) is 22.4 Å². The van der Waals surface area contributed by atoms with Crippen LogP contribution < -0.4 is 10.6 Å². The highest BCUT2D eigenvalue weighted by Crippen LogP contribution is 2.31. The Kier molecular flexibility index (Phi) is 4.85. The van der Waals surface area contributed by atoms with Crippen LogP contribution in [0.1, 0.15) is 0 Å². The van der Waals surface area contributed by atoms with Crippen LogP contribution in [0.25, 0.3) is 33.3 Å². The molecular weight excluding hydrogens is 368 g/mol. The summed E-state index contributed by atoms with van der Waals surface area (Å²) in [6.07, 6.45) is 0. The van der Waals surface area contributed by atoms with E-state index >= 15 is 0 Å². The largest absolute Gasteiger partial charge is 0.398 e. The van der Waals surface area contributed by atoms with Gasteiger partial charge in [-0.3, -0.25) is 0 Å². The van der Waals surface area contributed by atoms with E-state index in [-0.39, 0.29) is 0 Å². The Balaban J connectivity index is 1.45. The number of fused-ring (bicyclic) bond motifs is 1. The molecule has 1 aliphatic heterocycles. The van der Waals surface area contributed by atoms with Crippen molar-refractivity contribution >= 4 is 22.3 Å². The lowest BCUT2D eigenvalue weighted by Gasteiger charge is -2.34. The number of nitrogen functional groups attached to an aromatic ring is 1. The SMILES string of the molecule is CN1CCN(c2ccc(-c3cc(N)c4cc(-c5ccccc5)ccc4n3)cc2)CC1. The average molecular weight is 395 g/mol. The van der Waals surface area contributed by atoms with Gasteiger partial charge in [0.25, 0.3) is 0 Å². The highest BCUT2D eigenvalue weighted by atomic mass is 15.2. The summed E-state index contributed by atoms with van der Waals surface area (Å²) in [5.41, 5.74) is 13.7. The lowest BCUT2D eigenvalue weighted by atomic mass is 10.0. The molecule has 0 unspecified atom stereocenters. The number of anilines is 2. The molecule has 5 rings (SSSR count). The van der Waals surface area contributed by atoms with E-state index in [4.69, 9.17) is 10.7 Å². The first kappa shape index (κ1) is 18.6. The van der Waals surface area contributed by atoms with Gasteiger partial charge in [-0.05, 0) is 48.5 Å². The summed E-state index contributed by atoms with van der Waals surface area (Å²) in [6.45, 7) is 4.35. The second-order valence-corrected chi connectivity index (χ2v) is 8.03. The summed E-state index contributed by atoms with van der Waals surface area (Å²) in [5.74, 6) is 0. The normalized spacial score (nSPS) is 14.9. The van der Waals surface area contributed by atoms with Gasteiger partial charge < -0.3 is 15.5 Å². The minimum Gasteiger partial charge on any atom is -0.398 e. The Morgan fingerprint density at radius 3 is 2.17 bits per heavy atom. The zero-order valence-electron chi connectivity index (χ0n) is 17.3. The lowest BCUT2D eigenvalue weighted by Crippen LogP contribution is -2.44. The minimum atomic E-state index is 0.760. The van der Waals surface area contributed by atoms with Gasteiger partial charge in [0.1, 0.15) is 0 Å². The average Bonchev–Trinajstić information content (AvgIpc) is 2.80. The van der Waals surface area contributed by atoms with E-state index in [1.165, 1.54) is 11.3 Å². The first-order chi connectivity index (χ1) is 14.7. The van der Waals surface area contributed by atoms with Crippen LogP contribution in [-0.2, 0) is 0 Å².